The normalized spacial score (nSPS) is 11.8. The molecule has 0 aliphatic heterocycles. The lowest BCUT2D eigenvalue weighted by molar-refractivity contribution is 0.462. The van der Waals surface area contributed by atoms with Gasteiger partial charge in [-0.2, -0.15) is 5.26 Å². The Morgan fingerprint density at radius 2 is 1.95 bits per heavy atom. The molecule has 2 aromatic rings. The van der Waals surface area contributed by atoms with Crippen molar-refractivity contribution in [1.29, 1.82) is 5.26 Å². The molecule has 3 nitrogen and oxygen atoms in total. The van der Waals surface area contributed by atoms with Crippen molar-refractivity contribution in [2.24, 2.45) is 0 Å². The first-order valence-corrected chi connectivity index (χ1v) is 6.37. The average Bonchev–Trinajstić information content (AvgIpc) is 2.46. The van der Waals surface area contributed by atoms with E-state index in [1.54, 1.807) is 13.8 Å². The first kappa shape index (κ1) is 14.8. The van der Waals surface area contributed by atoms with Gasteiger partial charge in [-0.05, 0) is 44.2 Å². The van der Waals surface area contributed by atoms with Crippen molar-refractivity contribution >= 4 is 5.69 Å². The molecule has 0 saturated carbocycles. The van der Waals surface area contributed by atoms with Gasteiger partial charge in [-0.25, -0.2) is 8.78 Å². The summed E-state index contributed by atoms with van der Waals surface area (Å²) in [5.41, 5.74) is 1.34. The largest absolute Gasteiger partial charge is 0.508 e. The van der Waals surface area contributed by atoms with Gasteiger partial charge in [0, 0.05) is 16.8 Å². The highest BCUT2D eigenvalue weighted by Gasteiger charge is 2.14. The van der Waals surface area contributed by atoms with Gasteiger partial charge in [-0.15, -0.1) is 0 Å². The molecule has 2 aromatic carbocycles. The molecule has 0 radical (unpaired) electrons. The number of nitriles is 1. The Morgan fingerprint density at radius 1 is 1.24 bits per heavy atom. The summed E-state index contributed by atoms with van der Waals surface area (Å²) in [6, 6.07) is 7.75. The maximum Gasteiger partial charge on any atom is 0.129 e. The summed E-state index contributed by atoms with van der Waals surface area (Å²) in [6.45, 7) is 3.29. The van der Waals surface area contributed by atoms with Crippen LogP contribution in [0.25, 0.3) is 0 Å². The molecule has 2 N–H and O–H groups in total. The van der Waals surface area contributed by atoms with Crippen molar-refractivity contribution in [2.45, 2.75) is 19.9 Å². The maximum atomic E-state index is 13.7. The summed E-state index contributed by atoms with van der Waals surface area (Å²) in [6.07, 6.45) is 0. The van der Waals surface area contributed by atoms with E-state index in [2.05, 4.69) is 5.32 Å². The van der Waals surface area contributed by atoms with E-state index in [-0.39, 0.29) is 11.3 Å². The molecule has 0 aromatic heterocycles. The summed E-state index contributed by atoms with van der Waals surface area (Å²) in [4.78, 5) is 0. The van der Waals surface area contributed by atoms with Crippen molar-refractivity contribution in [3.63, 3.8) is 0 Å². The van der Waals surface area contributed by atoms with Crippen LogP contribution in [-0.4, -0.2) is 5.11 Å². The number of phenols is 1. The second-order valence-corrected chi connectivity index (χ2v) is 4.81. The molecule has 1 unspecified atom stereocenters. The van der Waals surface area contributed by atoms with Crippen LogP contribution in [0.5, 0.6) is 5.75 Å². The number of rotatable bonds is 3. The van der Waals surface area contributed by atoms with Gasteiger partial charge >= 0.3 is 0 Å². The van der Waals surface area contributed by atoms with Gasteiger partial charge in [0.15, 0.2) is 0 Å². The molecule has 0 fully saturated rings. The molecule has 0 aliphatic carbocycles. The average molecular weight is 288 g/mol. The number of hydrogen-bond acceptors (Lipinski definition) is 3. The molecule has 0 aliphatic rings. The third-order valence-electron chi connectivity index (χ3n) is 3.30. The SMILES string of the molecule is Cc1c(F)cc(C#N)cc1NC(C)c1cc(F)ccc1O. The Morgan fingerprint density at radius 3 is 2.62 bits per heavy atom. The third kappa shape index (κ3) is 3.11. The van der Waals surface area contributed by atoms with Crippen LogP contribution in [0.1, 0.15) is 29.7 Å². The molecule has 0 spiro atoms. The van der Waals surface area contributed by atoms with Gasteiger partial charge in [-0.3, -0.25) is 0 Å². The Labute approximate surface area is 121 Å². The number of phenolic OH excluding ortho intramolecular Hbond substituents is 1. The Bertz CT molecular complexity index is 723. The van der Waals surface area contributed by atoms with Crippen molar-refractivity contribution in [3.8, 4) is 11.8 Å². The number of nitrogens with zero attached hydrogens (tertiary/aromatic N) is 1. The van der Waals surface area contributed by atoms with E-state index in [4.69, 9.17) is 5.26 Å². The Hall–Kier alpha value is -2.61. The van der Waals surface area contributed by atoms with E-state index in [9.17, 15) is 13.9 Å². The van der Waals surface area contributed by atoms with Crippen LogP contribution in [-0.2, 0) is 0 Å². The van der Waals surface area contributed by atoms with Gasteiger partial charge in [0.25, 0.3) is 0 Å². The van der Waals surface area contributed by atoms with Gasteiger partial charge < -0.3 is 10.4 Å². The van der Waals surface area contributed by atoms with E-state index >= 15 is 0 Å². The molecule has 0 heterocycles. The second-order valence-electron chi connectivity index (χ2n) is 4.81. The van der Waals surface area contributed by atoms with Crippen LogP contribution in [0.3, 0.4) is 0 Å². The quantitative estimate of drug-likeness (QED) is 0.896. The molecular formula is C16H14F2N2O. The molecule has 0 amide bonds. The van der Waals surface area contributed by atoms with Crippen LogP contribution in [0.2, 0.25) is 0 Å². The summed E-state index contributed by atoms with van der Waals surface area (Å²) >= 11 is 0. The standard InChI is InChI=1S/C16H14F2N2O/c1-9-14(18)5-11(8-19)6-15(9)20-10(2)13-7-12(17)3-4-16(13)21/h3-7,10,20-21H,1-2H3. The highest BCUT2D eigenvalue weighted by molar-refractivity contribution is 5.57. The van der Waals surface area contributed by atoms with Crippen molar-refractivity contribution in [3.05, 3.63) is 58.7 Å². The topological polar surface area (TPSA) is 56.0 Å². The Kier molecular flexibility index (Phi) is 4.08. The summed E-state index contributed by atoms with van der Waals surface area (Å²) in [5, 5.41) is 21.6. The molecule has 2 rings (SSSR count). The van der Waals surface area contributed by atoms with Crippen LogP contribution in [0.4, 0.5) is 14.5 Å². The van der Waals surface area contributed by atoms with Gasteiger partial charge in [0.2, 0.25) is 0 Å². The zero-order valence-electron chi connectivity index (χ0n) is 11.6. The number of nitrogens with one attached hydrogen (secondary N) is 1. The summed E-state index contributed by atoms with van der Waals surface area (Å²) in [7, 11) is 0. The highest BCUT2D eigenvalue weighted by atomic mass is 19.1. The van der Waals surface area contributed by atoms with Crippen LogP contribution < -0.4 is 5.32 Å². The minimum atomic E-state index is -0.493. The van der Waals surface area contributed by atoms with E-state index < -0.39 is 17.7 Å². The lowest BCUT2D eigenvalue weighted by Gasteiger charge is -2.19. The second kappa shape index (κ2) is 5.80. The smallest absolute Gasteiger partial charge is 0.129 e. The lowest BCUT2D eigenvalue weighted by atomic mass is 10.0. The summed E-state index contributed by atoms with van der Waals surface area (Å²) in [5.74, 6) is -1.01. The zero-order chi connectivity index (χ0) is 15.6. The Balaban J connectivity index is 2.36. The van der Waals surface area contributed by atoms with Crippen LogP contribution >= 0.6 is 0 Å². The van der Waals surface area contributed by atoms with Gasteiger partial charge in [0.05, 0.1) is 17.7 Å². The van der Waals surface area contributed by atoms with E-state index in [1.165, 1.54) is 18.2 Å². The predicted octanol–water partition coefficient (Wildman–Crippen LogP) is 4.02. The molecule has 5 heteroatoms. The van der Waals surface area contributed by atoms with Gasteiger partial charge in [0.1, 0.15) is 17.4 Å². The fraction of sp³-hybridized carbons (Fsp3) is 0.188. The molecule has 21 heavy (non-hydrogen) atoms. The number of hydrogen-bond donors (Lipinski definition) is 2. The van der Waals surface area contributed by atoms with Crippen molar-refractivity contribution < 1.29 is 13.9 Å². The monoisotopic (exact) mass is 288 g/mol. The number of anilines is 1. The van der Waals surface area contributed by atoms with E-state index in [1.807, 2.05) is 6.07 Å². The van der Waals surface area contributed by atoms with E-state index in [0.29, 0.717) is 16.8 Å². The summed E-state index contributed by atoms with van der Waals surface area (Å²) < 4.78 is 27.0. The predicted molar refractivity (Wildman–Crippen MR) is 76.0 cm³/mol. The number of halogens is 2. The van der Waals surface area contributed by atoms with Crippen LogP contribution in [0, 0.1) is 29.9 Å². The first-order chi connectivity index (χ1) is 9.92. The lowest BCUT2D eigenvalue weighted by Crippen LogP contribution is -2.09. The third-order valence-corrected chi connectivity index (χ3v) is 3.30. The molecule has 0 saturated heterocycles. The number of benzene rings is 2. The van der Waals surface area contributed by atoms with Crippen molar-refractivity contribution in [2.75, 3.05) is 5.32 Å². The highest BCUT2D eigenvalue weighted by Crippen LogP contribution is 2.30. The van der Waals surface area contributed by atoms with Crippen molar-refractivity contribution in [1.82, 2.24) is 0 Å². The first-order valence-electron chi connectivity index (χ1n) is 6.37. The van der Waals surface area contributed by atoms with Crippen LogP contribution in [0.15, 0.2) is 30.3 Å². The maximum absolute atomic E-state index is 13.7. The number of aromatic hydroxyl groups is 1. The minimum absolute atomic E-state index is 0.0500. The van der Waals surface area contributed by atoms with E-state index in [0.717, 1.165) is 12.1 Å². The van der Waals surface area contributed by atoms with Gasteiger partial charge in [-0.1, -0.05) is 0 Å². The fourth-order valence-corrected chi connectivity index (χ4v) is 2.08. The minimum Gasteiger partial charge on any atom is -0.508 e. The molecule has 0 bridgehead atoms. The molecule has 1 atom stereocenters. The molecule has 108 valence electrons. The molecular weight excluding hydrogens is 274 g/mol. The fourth-order valence-electron chi connectivity index (χ4n) is 2.08. The zero-order valence-corrected chi connectivity index (χ0v) is 11.6.